The lowest BCUT2D eigenvalue weighted by Crippen LogP contribution is -2.30. The van der Waals surface area contributed by atoms with Crippen molar-refractivity contribution in [2.45, 2.75) is 38.7 Å². The summed E-state index contributed by atoms with van der Waals surface area (Å²) in [6.45, 7) is 6.04. The third kappa shape index (κ3) is 2.76. The third-order valence-electron chi connectivity index (χ3n) is 3.42. The summed E-state index contributed by atoms with van der Waals surface area (Å²) in [6, 6.07) is 1.99. The number of ether oxygens (including phenoxy) is 1. The van der Waals surface area contributed by atoms with E-state index in [4.69, 9.17) is 4.74 Å². The lowest BCUT2D eigenvalue weighted by Gasteiger charge is -2.25. The minimum absolute atomic E-state index is 0.114. The predicted octanol–water partition coefficient (Wildman–Crippen LogP) is 2.87. The summed E-state index contributed by atoms with van der Waals surface area (Å²) in [5, 5.41) is 0. The number of carbonyl (C=O) groups is 1. The van der Waals surface area contributed by atoms with Crippen molar-refractivity contribution in [2.24, 2.45) is 0 Å². The van der Waals surface area contributed by atoms with Crippen LogP contribution in [0.4, 0.5) is 8.78 Å². The van der Waals surface area contributed by atoms with Crippen molar-refractivity contribution in [3.05, 3.63) is 29.3 Å². The smallest absolute Gasteiger partial charge is 0.263 e. The minimum atomic E-state index is -0.704. The highest BCUT2D eigenvalue weighted by Gasteiger charge is 2.33. The molecule has 1 unspecified atom stereocenters. The molecule has 3 nitrogen and oxygen atoms in total. The maximum absolute atomic E-state index is 14.0. The predicted molar refractivity (Wildman–Crippen MR) is 71.7 cm³/mol. The van der Waals surface area contributed by atoms with Crippen LogP contribution < -0.4 is 4.74 Å². The second kappa shape index (κ2) is 5.04. The molecule has 0 N–H and O–H groups in total. The summed E-state index contributed by atoms with van der Waals surface area (Å²) in [5.41, 5.74) is -0.248. The molecule has 1 saturated heterocycles. The Morgan fingerprint density at radius 3 is 2.45 bits per heavy atom. The van der Waals surface area contributed by atoms with Gasteiger partial charge in [0.15, 0.2) is 6.10 Å². The summed E-state index contributed by atoms with van der Waals surface area (Å²) >= 11 is 0. The molecule has 1 aromatic rings. The standard InChI is InChI=1S/C15H19F2NO2/c1-15(2,3)13-10(17)7-9(16)8-12(13)20-11-5-6-18(4)14(11)19/h7-8,11H,5-6H2,1-4H3. The summed E-state index contributed by atoms with van der Waals surface area (Å²) in [5.74, 6) is -1.39. The van der Waals surface area contributed by atoms with Gasteiger partial charge in [-0.25, -0.2) is 8.78 Å². The van der Waals surface area contributed by atoms with E-state index in [1.165, 1.54) is 0 Å². The van der Waals surface area contributed by atoms with E-state index in [1.807, 2.05) is 20.8 Å². The molecule has 0 radical (unpaired) electrons. The van der Waals surface area contributed by atoms with Crippen LogP contribution in [0.3, 0.4) is 0 Å². The Morgan fingerprint density at radius 1 is 1.30 bits per heavy atom. The molecule has 1 heterocycles. The second-order valence-electron chi connectivity index (χ2n) is 6.17. The van der Waals surface area contributed by atoms with Crippen LogP contribution in [0.15, 0.2) is 12.1 Å². The van der Waals surface area contributed by atoms with Gasteiger partial charge in [-0.1, -0.05) is 20.8 Å². The van der Waals surface area contributed by atoms with Crippen molar-refractivity contribution in [2.75, 3.05) is 13.6 Å². The molecule has 0 aromatic heterocycles. The van der Waals surface area contributed by atoms with Gasteiger partial charge in [-0.2, -0.15) is 0 Å². The first-order valence-corrected chi connectivity index (χ1v) is 6.61. The third-order valence-corrected chi connectivity index (χ3v) is 3.42. The zero-order valence-electron chi connectivity index (χ0n) is 12.2. The van der Waals surface area contributed by atoms with E-state index < -0.39 is 23.2 Å². The summed E-state index contributed by atoms with van der Waals surface area (Å²) in [6.07, 6.45) is -0.140. The quantitative estimate of drug-likeness (QED) is 0.835. The fourth-order valence-corrected chi connectivity index (χ4v) is 2.42. The van der Waals surface area contributed by atoms with Gasteiger partial charge in [0.1, 0.15) is 17.4 Å². The van der Waals surface area contributed by atoms with E-state index in [1.54, 1.807) is 11.9 Å². The highest BCUT2D eigenvalue weighted by Crippen LogP contribution is 2.35. The zero-order chi connectivity index (χ0) is 15.1. The molecule has 1 aromatic carbocycles. The molecule has 110 valence electrons. The lowest BCUT2D eigenvalue weighted by molar-refractivity contribution is -0.132. The molecule has 1 aliphatic heterocycles. The van der Waals surface area contributed by atoms with Crippen molar-refractivity contribution in [1.29, 1.82) is 0 Å². The van der Waals surface area contributed by atoms with Crippen LogP contribution in [0.5, 0.6) is 5.75 Å². The molecule has 1 atom stereocenters. The molecule has 1 fully saturated rings. The van der Waals surface area contributed by atoms with E-state index in [2.05, 4.69) is 0 Å². The van der Waals surface area contributed by atoms with E-state index in [9.17, 15) is 13.6 Å². The average Bonchev–Trinajstić information content (AvgIpc) is 2.58. The van der Waals surface area contributed by atoms with Gasteiger partial charge >= 0.3 is 0 Å². The van der Waals surface area contributed by atoms with Gasteiger partial charge in [0.05, 0.1) is 0 Å². The molecule has 20 heavy (non-hydrogen) atoms. The molecule has 1 amide bonds. The molecular formula is C15H19F2NO2. The molecule has 1 aliphatic rings. The van der Waals surface area contributed by atoms with Crippen LogP contribution in [0.25, 0.3) is 0 Å². The Morgan fingerprint density at radius 2 is 1.95 bits per heavy atom. The van der Waals surface area contributed by atoms with Crippen molar-refractivity contribution in [3.63, 3.8) is 0 Å². The number of hydrogen-bond acceptors (Lipinski definition) is 2. The first-order valence-electron chi connectivity index (χ1n) is 6.61. The highest BCUT2D eigenvalue weighted by atomic mass is 19.1. The Kier molecular flexibility index (Phi) is 3.71. The number of hydrogen-bond donors (Lipinski definition) is 0. The van der Waals surface area contributed by atoms with Gasteiger partial charge in [0.25, 0.3) is 5.91 Å². The summed E-state index contributed by atoms with van der Waals surface area (Å²) in [7, 11) is 1.68. The summed E-state index contributed by atoms with van der Waals surface area (Å²) < 4.78 is 33.1. The molecule has 0 spiro atoms. The first-order chi connectivity index (χ1) is 9.20. The van der Waals surface area contributed by atoms with Gasteiger partial charge in [0.2, 0.25) is 0 Å². The van der Waals surface area contributed by atoms with E-state index in [0.717, 1.165) is 12.1 Å². The maximum atomic E-state index is 14.0. The van der Waals surface area contributed by atoms with E-state index in [-0.39, 0.29) is 11.7 Å². The number of likely N-dealkylation sites (N-methyl/N-ethyl adjacent to an activating group) is 1. The van der Waals surface area contributed by atoms with Crippen molar-refractivity contribution in [3.8, 4) is 5.75 Å². The lowest BCUT2D eigenvalue weighted by atomic mass is 9.86. The van der Waals surface area contributed by atoms with Gasteiger partial charge in [0, 0.05) is 37.7 Å². The number of carbonyl (C=O) groups excluding carboxylic acids is 1. The van der Waals surface area contributed by atoms with Crippen molar-refractivity contribution in [1.82, 2.24) is 4.90 Å². The second-order valence-corrected chi connectivity index (χ2v) is 6.17. The topological polar surface area (TPSA) is 29.5 Å². The van der Waals surface area contributed by atoms with Crippen LogP contribution >= 0.6 is 0 Å². The molecule has 5 heteroatoms. The number of halogens is 2. The van der Waals surface area contributed by atoms with Crippen LogP contribution in [-0.2, 0) is 10.2 Å². The SMILES string of the molecule is CN1CCC(Oc2cc(F)cc(F)c2C(C)(C)C)C1=O. The minimum Gasteiger partial charge on any atom is -0.480 e. The van der Waals surface area contributed by atoms with Gasteiger partial charge in [-0.3, -0.25) is 4.79 Å². The highest BCUT2D eigenvalue weighted by molar-refractivity contribution is 5.83. The number of amides is 1. The van der Waals surface area contributed by atoms with Gasteiger partial charge in [-0.15, -0.1) is 0 Å². The average molecular weight is 283 g/mol. The molecule has 2 rings (SSSR count). The largest absolute Gasteiger partial charge is 0.480 e. The van der Waals surface area contributed by atoms with Crippen molar-refractivity contribution >= 4 is 5.91 Å². The van der Waals surface area contributed by atoms with Crippen LogP contribution in [0.2, 0.25) is 0 Å². The van der Waals surface area contributed by atoms with E-state index >= 15 is 0 Å². The zero-order valence-corrected chi connectivity index (χ0v) is 12.2. The number of nitrogens with zero attached hydrogens (tertiary/aromatic N) is 1. The Labute approximate surface area is 117 Å². The van der Waals surface area contributed by atoms with E-state index in [0.29, 0.717) is 18.5 Å². The Hall–Kier alpha value is -1.65. The number of likely N-dealkylation sites (tertiary alicyclic amines) is 1. The summed E-state index contributed by atoms with van der Waals surface area (Å²) in [4.78, 5) is 13.4. The number of benzene rings is 1. The Bertz CT molecular complexity index is 537. The molecule has 0 bridgehead atoms. The molecule has 0 aliphatic carbocycles. The van der Waals surface area contributed by atoms with Crippen LogP contribution in [-0.4, -0.2) is 30.5 Å². The monoisotopic (exact) mass is 283 g/mol. The first kappa shape index (κ1) is 14.8. The maximum Gasteiger partial charge on any atom is 0.263 e. The number of rotatable bonds is 2. The molecular weight excluding hydrogens is 264 g/mol. The fourth-order valence-electron chi connectivity index (χ4n) is 2.42. The van der Waals surface area contributed by atoms with Gasteiger partial charge in [-0.05, 0) is 5.41 Å². The Balaban J connectivity index is 2.38. The molecule has 0 saturated carbocycles. The van der Waals surface area contributed by atoms with Gasteiger partial charge < -0.3 is 9.64 Å². The fraction of sp³-hybridized carbons (Fsp3) is 0.533. The normalized spacial score (nSPS) is 19.6. The van der Waals surface area contributed by atoms with Crippen LogP contribution in [0, 0.1) is 11.6 Å². The van der Waals surface area contributed by atoms with Crippen LogP contribution in [0.1, 0.15) is 32.8 Å². The van der Waals surface area contributed by atoms with Crippen molar-refractivity contribution < 1.29 is 18.3 Å².